The Kier molecular flexibility index (Phi) is 6.24. The highest BCUT2D eigenvalue weighted by atomic mass is 19.1. The van der Waals surface area contributed by atoms with E-state index in [2.05, 4.69) is 22.9 Å². The number of ether oxygens (including phenoxy) is 1. The number of nitrogens with zero attached hydrogens (tertiary/aromatic N) is 4. The smallest absolute Gasteiger partial charge is 0.212 e. The van der Waals surface area contributed by atoms with Crippen LogP contribution in [-0.4, -0.2) is 11.7 Å². The van der Waals surface area contributed by atoms with Crippen molar-refractivity contribution in [3.63, 3.8) is 0 Å². The second-order valence-corrected chi connectivity index (χ2v) is 5.15. The molecule has 0 saturated carbocycles. The molecule has 0 bridgehead atoms. The van der Waals surface area contributed by atoms with E-state index in [-0.39, 0.29) is 12.4 Å². The predicted octanol–water partition coefficient (Wildman–Crippen LogP) is 4.15. The molecule has 0 aliphatic carbocycles. The molecule has 2 rings (SSSR count). The Morgan fingerprint density at radius 2 is 2.20 bits per heavy atom. The fraction of sp³-hybridized carbons (Fsp3) is 0.211. The van der Waals surface area contributed by atoms with Gasteiger partial charge in [0.25, 0.3) is 0 Å². The first-order valence-electron chi connectivity index (χ1n) is 7.82. The first-order valence-corrected chi connectivity index (χ1v) is 7.82. The van der Waals surface area contributed by atoms with Gasteiger partial charge in [-0.2, -0.15) is 15.4 Å². The minimum Gasteiger partial charge on any atom is -0.473 e. The van der Waals surface area contributed by atoms with E-state index in [1.165, 1.54) is 23.3 Å². The number of hydrogen-bond donors (Lipinski definition) is 0. The number of rotatable bonds is 7. The van der Waals surface area contributed by atoms with Gasteiger partial charge in [0, 0.05) is 19.0 Å². The van der Waals surface area contributed by atoms with Crippen molar-refractivity contribution in [2.24, 2.45) is 5.10 Å². The van der Waals surface area contributed by atoms with Crippen molar-refractivity contribution in [3.8, 4) is 6.07 Å². The zero-order chi connectivity index (χ0) is 18.2. The van der Waals surface area contributed by atoms with Crippen LogP contribution in [0.25, 0.3) is 0 Å². The molecule has 2 aromatic rings. The van der Waals surface area contributed by atoms with Gasteiger partial charge in [-0.25, -0.2) is 9.37 Å². The standard InChI is InChI=1S/C19H19FN4O/c1-4-15-11-17(20)7-6-16(15)13-25-19(5-2)24(22-3)18-10-14(12-21)8-9-23-18/h5-11H,3-4,13H2,1-2H3/b19-5+. The van der Waals surface area contributed by atoms with E-state index in [4.69, 9.17) is 10.00 Å². The van der Waals surface area contributed by atoms with E-state index >= 15 is 0 Å². The average Bonchev–Trinajstić information content (AvgIpc) is 2.65. The van der Waals surface area contributed by atoms with Gasteiger partial charge >= 0.3 is 0 Å². The fourth-order valence-electron chi connectivity index (χ4n) is 2.34. The lowest BCUT2D eigenvalue weighted by molar-refractivity contribution is 0.189. The zero-order valence-corrected chi connectivity index (χ0v) is 14.2. The molecule has 1 aromatic carbocycles. The van der Waals surface area contributed by atoms with Gasteiger partial charge in [-0.3, -0.25) is 0 Å². The van der Waals surface area contributed by atoms with Crippen LogP contribution in [0, 0.1) is 17.1 Å². The third kappa shape index (κ3) is 4.42. The summed E-state index contributed by atoms with van der Waals surface area (Å²) in [6.45, 7) is 7.56. The monoisotopic (exact) mass is 338 g/mol. The lowest BCUT2D eigenvalue weighted by atomic mass is 10.1. The molecule has 0 N–H and O–H groups in total. The maximum Gasteiger partial charge on any atom is 0.212 e. The van der Waals surface area contributed by atoms with Crippen LogP contribution in [0.5, 0.6) is 0 Å². The van der Waals surface area contributed by atoms with Gasteiger partial charge in [0.05, 0.1) is 11.6 Å². The number of hydrogen-bond acceptors (Lipinski definition) is 5. The Bertz CT molecular complexity index is 826. The third-order valence-corrected chi connectivity index (χ3v) is 3.61. The molecule has 1 heterocycles. The number of nitriles is 1. The number of halogens is 1. The van der Waals surface area contributed by atoms with Crippen molar-refractivity contribution < 1.29 is 9.13 Å². The Morgan fingerprint density at radius 3 is 2.84 bits per heavy atom. The van der Waals surface area contributed by atoms with E-state index in [1.54, 1.807) is 31.2 Å². The van der Waals surface area contributed by atoms with Crippen LogP contribution in [0.4, 0.5) is 10.2 Å². The highest BCUT2D eigenvalue weighted by molar-refractivity contribution is 5.50. The Hall–Kier alpha value is -3.20. The summed E-state index contributed by atoms with van der Waals surface area (Å²) in [7, 11) is 0. The van der Waals surface area contributed by atoms with E-state index in [9.17, 15) is 4.39 Å². The van der Waals surface area contributed by atoms with E-state index in [0.717, 1.165) is 11.1 Å². The summed E-state index contributed by atoms with van der Waals surface area (Å²) in [5, 5.41) is 14.4. The first kappa shape index (κ1) is 18.1. The predicted molar refractivity (Wildman–Crippen MR) is 95.3 cm³/mol. The van der Waals surface area contributed by atoms with Crippen LogP contribution in [0.2, 0.25) is 0 Å². The second kappa shape index (κ2) is 8.60. The van der Waals surface area contributed by atoms with Gasteiger partial charge in [0.2, 0.25) is 5.88 Å². The minimum absolute atomic E-state index is 0.257. The van der Waals surface area contributed by atoms with Gasteiger partial charge in [0.1, 0.15) is 12.4 Å². The molecule has 0 spiro atoms. The van der Waals surface area contributed by atoms with Crippen molar-refractivity contribution in [1.29, 1.82) is 5.26 Å². The van der Waals surface area contributed by atoms with Gasteiger partial charge < -0.3 is 4.74 Å². The molecule has 0 aliphatic rings. The molecular formula is C19H19FN4O. The highest BCUT2D eigenvalue weighted by Gasteiger charge is 2.14. The summed E-state index contributed by atoms with van der Waals surface area (Å²) < 4.78 is 19.2. The molecular weight excluding hydrogens is 319 g/mol. The molecule has 5 nitrogen and oxygen atoms in total. The third-order valence-electron chi connectivity index (χ3n) is 3.61. The molecule has 128 valence electrons. The van der Waals surface area contributed by atoms with E-state index in [0.29, 0.717) is 23.7 Å². The number of hydrazone groups is 1. The van der Waals surface area contributed by atoms with Crippen molar-refractivity contribution in [2.45, 2.75) is 26.9 Å². The summed E-state index contributed by atoms with van der Waals surface area (Å²) >= 11 is 0. The summed E-state index contributed by atoms with van der Waals surface area (Å²) in [5.74, 6) is 0.583. The average molecular weight is 338 g/mol. The van der Waals surface area contributed by atoms with Crippen LogP contribution >= 0.6 is 0 Å². The topological polar surface area (TPSA) is 61.5 Å². The largest absolute Gasteiger partial charge is 0.473 e. The molecule has 0 saturated heterocycles. The maximum atomic E-state index is 13.4. The van der Waals surface area contributed by atoms with E-state index < -0.39 is 0 Å². The van der Waals surface area contributed by atoms with Gasteiger partial charge in [-0.15, -0.1) is 0 Å². The van der Waals surface area contributed by atoms with E-state index in [1.807, 2.05) is 6.92 Å². The molecule has 0 fully saturated rings. The number of allylic oxidation sites excluding steroid dienone is 1. The Morgan fingerprint density at radius 1 is 1.40 bits per heavy atom. The number of anilines is 1. The Balaban J connectivity index is 2.21. The normalized spacial score (nSPS) is 10.9. The van der Waals surface area contributed by atoms with Gasteiger partial charge in [-0.1, -0.05) is 13.0 Å². The molecule has 0 aliphatic heterocycles. The summed E-state index contributed by atoms with van der Waals surface area (Å²) in [6.07, 6.45) is 3.95. The molecule has 0 atom stereocenters. The van der Waals surface area contributed by atoms with Crippen molar-refractivity contribution in [2.75, 3.05) is 5.01 Å². The molecule has 0 radical (unpaired) electrons. The molecule has 1 aromatic heterocycles. The van der Waals surface area contributed by atoms with Gasteiger partial charge in [-0.05, 0) is 48.7 Å². The van der Waals surface area contributed by atoms with Crippen LogP contribution in [-0.2, 0) is 17.8 Å². The zero-order valence-electron chi connectivity index (χ0n) is 14.2. The first-order chi connectivity index (χ1) is 12.1. The lowest BCUT2D eigenvalue weighted by Crippen LogP contribution is -2.19. The molecule has 6 heteroatoms. The van der Waals surface area contributed by atoms with Crippen LogP contribution in [0.1, 0.15) is 30.5 Å². The molecule has 0 unspecified atom stereocenters. The highest BCUT2D eigenvalue weighted by Crippen LogP contribution is 2.21. The van der Waals surface area contributed by atoms with Crippen molar-refractivity contribution in [3.05, 3.63) is 71.0 Å². The molecule has 25 heavy (non-hydrogen) atoms. The Labute approximate surface area is 146 Å². The lowest BCUT2D eigenvalue weighted by Gasteiger charge is -2.21. The quantitative estimate of drug-likeness (QED) is 0.432. The summed E-state index contributed by atoms with van der Waals surface area (Å²) in [5.41, 5.74) is 2.24. The van der Waals surface area contributed by atoms with Crippen molar-refractivity contribution >= 4 is 12.5 Å². The number of pyridine rings is 1. The summed E-state index contributed by atoms with van der Waals surface area (Å²) in [6, 6.07) is 9.89. The van der Waals surface area contributed by atoms with Crippen LogP contribution in [0.3, 0.4) is 0 Å². The molecule has 0 amide bonds. The fourth-order valence-corrected chi connectivity index (χ4v) is 2.34. The number of benzene rings is 1. The maximum absolute atomic E-state index is 13.4. The van der Waals surface area contributed by atoms with Crippen LogP contribution < -0.4 is 5.01 Å². The summed E-state index contributed by atoms with van der Waals surface area (Å²) in [4.78, 5) is 4.20. The van der Waals surface area contributed by atoms with Crippen LogP contribution in [0.15, 0.2) is 53.6 Å². The SMILES string of the molecule is C=NN(/C(=C\C)OCc1ccc(F)cc1CC)c1cc(C#N)ccn1. The van der Waals surface area contributed by atoms with Gasteiger partial charge in [0.15, 0.2) is 5.82 Å². The van der Waals surface area contributed by atoms with Crippen molar-refractivity contribution in [1.82, 2.24) is 4.98 Å². The second-order valence-electron chi connectivity index (χ2n) is 5.15. The number of aryl methyl sites for hydroxylation is 1. The minimum atomic E-state index is -0.265. The number of aromatic nitrogens is 1.